The summed E-state index contributed by atoms with van der Waals surface area (Å²) in [5.41, 5.74) is 0.0417. The highest BCUT2D eigenvalue weighted by Crippen LogP contribution is 2.40. The van der Waals surface area contributed by atoms with E-state index in [9.17, 15) is 0 Å². The Morgan fingerprint density at radius 3 is 2.29 bits per heavy atom. The Morgan fingerprint density at radius 2 is 2.29 bits per heavy atom. The molecule has 0 heterocycles. The lowest BCUT2D eigenvalue weighted by atomic mass is 10.4. The summed E-state index contributed by atoms with van der Waals surface area (Å²) in [5.74, 6) is 0. The first-order chi connectivity index (χ1) is 3.33. The van der Waals surface area contributed by atoms with E-state index >= 15 is 0 Å². The van der Waals surface area contributed by atoms with Crippen molar-refractivity contribution in [3.63, 3.8) is 0 Å². The van der Waals surface area contributed by atoms with Gasteiger partial charge >= 0.3 is 0 Å². The van der Waals surface area contributed by atoms with E-state index in [0.717, 1.165) is 18.2 Å². The first-order valence-corrected chi connectivity index (χ1v) is 3.40. The topological polar surface area (TPSA) is 4.36 Å². The van der Waals surface area contributed by atoms with Crippen LogP contribution < -0.4 is 0 Å². The summed E-state index contributed by atoms with van der Waals surface area (Å²) < 4.78 is 0. The lowest BCUT2D eigenvalue weighted by molar-refractivity contribution is 0.930. The van der Waals surface area contributed by atoms with Crippen LogP contribution in [0.4, 0.5) is 0 Å². The fourth-order valence-electron chi connectivity index (χ4n) is 0.420. The Morgan fingerprint density at radius 1 is 1.71 bits per heavy atom. The highest BCUT2D eigenvalue weighted by Gasteiger charge is 2.49. The largest absolute Gasteiger partial charge is 0.309 e. The van der Waals surface area contributed by atoms with Crippen LogP contribution in [-0.2, 0) is 0 Å². The van der Waals surface area contributed by atoms with Gasteiger partial charge in [0.15, 0.2) is 0 Å². The third kappa shape index (κ3) is 0.782. The van der Waals surface area contributed by atoms with Crippen LogP contribution in [0.15, 0.2) is 0 Å². The van der Waals surface area contributed by atoms with Crippen LogP contribution in [0.3, 0.4) is 0 Å². The fourth-order valence-corrected chi connectivity index (χ4v) is 1.11. The monoisotopic (exact) mass is 159 g/mol. The maximum atomic E-state index is 6.66. The summed E-state index contributed by atoms with van der Waals surface area (Å²) >= 11 is 3.28. The maximum Gasteiger partial charge on any atom is 0.242 e. The molecule has 0 atom stereocenters. The average Bonchev–Trinajstić information content (AvgIpc) is 2.46. The molecule has 0 amide bonds. The summed E-state index contributed by atoms with van der Waals surface area (Å²) in [6, 6.07) is 0. The van der Waals surface area contributed by atoms with Crippen LogP contribution in [0.1, 0.15) is 12.8 Å². The molecule has 0 saturated heterocycles. The molecule has 0 bridgehead atoms. The van der Waals surface area contributed by atoms with Gasteiger partial charge in [-0.15, -0.1) is 0 Å². The molecule has 0 aliphatic heterocycles. The molecule has 1 fully saturated rings. The van der Waals surface area contributed by atoms with Crippen LogP contribution in [0.2, 0.25) is 0 Å². The Bertz CT molecular complexity index is 110. The Hall–Kier alpha value is -0.0300. The van der Waals surface area contributed by atoms with Gasteiger partial charge in [-0.05, 0) is 0 Å². The van der Waals surface area contributed by atoms with Crippen LogP contribution in [0.5, 0.6) is 0 Å². The molecule has 1 aliphatic carbocycles. The second-order valence-electron chi connectivity index (χ2n) is 1.97. The lowest BCUT2D eigenvalue weighted by Crippen LogP contribution is -2.00. The third-order valence-corrected chi connectivity index (χ3v) is 2.36. The van der Waals surface area contributed by atoms with Gasteiger partial charge in [-0.25, -0.2) is 6.57 Å². The maximum absolute atomic E-state index is 6.66. The highest BCUT2D eigenvalue weighted by molar-refractivity contribution is 9.09. The van der Waals surface area contributed by atoms with Crippen molar-refractivity contribution in [2.45, 2.75) is 18.4 Å². The van der Waals surface area contributed by atoms with E-state index in [-0.39, 0.29) is 5.54 Å². The zero-order valence-electron chi connectivity index (χ0n) is 3.95. The minimum Gasteiger partial charge on any atom is -0.309 e. The quantitative estimate of drug-likeness (QED) is 0.407. The number of halogens is 1. The molecular weight excluding hydrogens is 154 g/mol. The van der Waals surface area contributed by atoms with E-state index in [1.54, 1.807) is 0 Å². The SMILES string of the molecule is [C-]#[N+]C1(CBr)CC1. The van der Waals surface area contributed by atoms with E-state index in [2.05, 4.69) is 20.8 Å². The number of nitrogens with zero attached hydrogens (tertiary/aromatic N) is 1. The van der Waals surface area contributed by atoms with Crippen molar-refractivity contribution in [2.75, 3.05) is 5.33 Å². The molecular formula is C5H6BrN. The molecule has 0 aromatic carbocycles. The van der Waals surface area contributed by atoms with Crippen molar-refractivity contribution in [1.82, 2.24) is 0 Å². The minimum atomic E-state index is 0.0417. The average molecular weight is 160 g/mol. The van der Waals surface area contributed by atoms with Gasteiger partial charge in [0, 0.05) is 12.8 Å². The number of alkyl halides is 1. The molecule has 0 aromatic rings. The molecule has 38 valence electrons. The van der Waals surface area contributed by atoms with E-state index in [1.807, 2.05) is 0 Å². The minimum absolute atomic E-state index is 0.0417. The zero-order valence-corrected chi connectivity index (χ0v) is 5.53. The third-order valence-electron chi connectivity index (χ3n) is 1.31. The van der Waals surface area contributed by atoms with E-state index in [4.69, 9.17) is 6.57 Å². The van der Waals surface area contributed by atoms with Crippen molar-refractivity contribution < 1.29 is 0 Å². The molecule has 1 aliphatic rings. The molecule has 0 N–H and O–H groups in total. The van der Waals surface area contributed by atoms with Crippen LogP contribution in [0, 0.1) is 6.57 Å². The van der Waals surface area contributed by atoms with Gasteiger partial charge in [0.2, 0.25) is 5.54 Å². The van der Waals surface area contributed by atoms with E-state index in [0.29, 0.717) is 0 Å². The second-order valence-corrected chi connectivity index (χ2v) is 2.53. The smallest absolute Gasteiger partial charge is 0.242 e. The standard InChI is InChI=1S/C5H6BrN/c1-7-5(4-6)2-3-5/h2-4H2. The van der Waals surface area contributed by atoms with Crippen molar-refractivity contribution in [3.05, 3.63) is 11.4 Å². The Balaban J connectivity index is 2.47. The normalized spacial score (nSPS) is 23.4. The molecule has 1 nitrogen and oxygen atoms in total. The zero-order chi connectivity index (χ0) is 5.33. The first kappa shape index (κ1) is 5.11. The highest BCUT2D eigenvalue weighted by atomic mass is 79.9. The molecule has 0 aromatic heterocycles. The van der Waals surface area contributed by atoms with Gasteiger partial charge in [0.05, 0.1) is 5.33 Å². The Labute approximate surface area is 51.7 Å². The molecule has 0 spiro atoms. The van der Waals surface area contributed by atoms with Gasteiger partial charge in [-0.1, -0.05) is 15.9 Å². The van der Waals surface area contributed by atoms with Crippen molar-refractivity contribution >= 4 is 15.9 Å². The van der Waals surface area contributed by atoms with Crippen molar-refractivity contribution in [3.8, 4) is 0 Å². The van der Waals surface area contributed by atoms with Crippen molar-refractivity contribution in [1.29, 1.82) is 0 Å². The number of hydrogen-bond acceptors (Lipinski definition) is 0. The predicted octanol–water partition coefficient (Wildman–Crippen LogP) is 1.83. The summed E-state index contributed by atoms with van der Waals surface area (Å²) in [7, 11) is 0. The van der Waals surface area contributed by atoms with E-state index < -0.39 is 0 Å². The Kier molecular flexibility index (Phi) is 1.08. The fraction of sp³-hybridized carbons (Fsp3) is 0.800. The van der Waals surface area contributed by atoms with Crippen LogP contribution >= 0.6 is 15.9 Å². The van der Waals surface area contributed by atoms with Gasteiger partial charge in [-0.2, -0.15) is 0 Å². The summed E-state index contributed by atoms with van der Waals surface area (Å²) in [6.45, 7) is 6.66. The predicted molar refractivity (Wildman–Crippen MR) is 32.4 cm³/mol. The van der Waals surface area contributed by atoms with Gasteiger partial charge in [-0.3, -0.25) is 0 Å². The summed E-state index contributed by atoms with van der Waals surface area (Å²) in [6.07, 6.45) is 2.20. The van der Waals surface area contributed by atoms with Gasteiger partial charge in [0.25, 0.3) is 0 Å². The molecule has 0 radical (unpaired) electrons. The second kappa shape index (κ2) is 1.48. The summed E-state index contributed by atoms with van der Waals surface area (Å²) in [4.78, 5) is 3.45. The van der Waals surface area contributed by atoms with Crippen molar-refractivity contribution in [2.24, 2.45) is 0 Å². The van der Waals surface area contributed by atoms with Crippen LogP contribution in [0.25, 0.3) is 4.85 Å². The lowest BCUT2D eigenvalue weighted by Gasteiger charge is -1.88. The van der Waals surface area contributed by atoms with Gasteiger partial charge in [0.1, 0.15) is 0 Å². The number of rotatable bonds is 1. The molecule has 1 rings (SSSR count). The molecule has 2 heteroatoms. The van der Waals surface area contributed by atoms with Crippen LogP contribution in [-0.4, -0.2) is 10.9 Å². The molecule has 1 saturated carbocycles. The molecule has 0 unspecified atom stereocenters. The van der Waals surface area contributed by atoms with E-state index in [1.165, 1.54) is 0 Å². The number of hydrogen-bond donors (Lipinski definition) is 0. The summed E-state index contributed by atoms with van der Waals surface area (Å²) in [5, 5.41) is 0.865. The first-order valence-electron chi connectivity index (χ1n) is 2.28. The van der Waals surface area contributed by atoms with Gasteiger partial charge < -0.3 is 4.85 Å². The molecule has 7 heavy (non-hydrogen) atoms.